The quantitative estimate of drug-likeness (QED) is 0.323. The highest BCUT2D eigenvalue weighted by molar-refractivity contribution is 5.93. The first-order valence-corrected chi connectivity index (χ1v) is 6.64. The maximum absolute atomic E-state index is 12.0. The Morgan fingerprint density at radius 1 is 1.60 bits per heavy atom. The van der Waals surface area contributed by atoms with Gasteiger partial charge in [0.2, 0.25) is 0 Å². The molecule has 7 heteroatoms. The predicted molar refractivity (Wildman–Crippen MR) is 73.8 cm³/mol. The minimum absolute atomic E-state index is 0.135. The fraction of sp³-hybridized carbons (Fsp3) is 0.538. The molecule has 1 aliphatic rings. The van der Waals surface area contributed by atoms with E-state index in [0.717, 1.165) is 31.5 Å². The second-order valence-electron chi connectivity index (χ2n) is 5.05. The molecule has 0 radical (unpaired) electrons. The molecular weight excluding hydrogens is 260 g/mol. The number of piperidine rings is 1. The summed E-state index contributed by atoms with van der Waals surface area (Å²) in [7, 11) is 0. The number of amidine groups is 1. The molecule has 1 saturated heterocycles. The standard InChI is InChI=1S/C13H20N4O3/c1-9-4-7-20-12(9)13(18)15-10-2-5-17(6-3-10)8-11(14)16-19/h4,7,10,19H,2-3,5-6,8H2,1H3,(H2,14,16)(H,15,18). The van der Waals surface area contributed by atoms with Crippen LogP contribution < -0.4 is 11.1 Å². The van der Waals surface area contributed by atoms with Crippen molar-refractivity contribution >= 4 is 11.7 Å². The molecule has 20 heavy (non-hydrogen) atoms. The molecule has 4 N–H and O–H groups in total. The van der Waals surface area contributed by atoms with E-state index in [-0.39, 0.29) is 17.8 Å². The molecule has 0 bridgehead atoms. The molecule has 1 aromatic rings. The summed E-state index contributed by atoms with van der Waals surface area (Å²) in [6.07, 6.45) is 3.19. The maximum Gasteiger partial charge on any atom is 0.287 e. The highest BCUT2D eigenvalue weighted by Crippen LogP contribution is 2.13. The Labute approximate surface area is 117 Å². The number of hydrogen-bond acceptors (Lipinski definition) is 5. The molecular formula is C13H20N4O3. The van der Waals surface area contributed by atoms with Crippen LogP contribution in [0.4, 0.5) is 0 Å². The summed E-state index contributed by atoms with van der Waals surface area (Å²) in [6.45, 7) is 3.91. The van der Waals surface area contributed by atoms with Crippen LogP contribution in [-0.4, -0.2) is 47.5 Å². The third kappa shape index (κ3) is 3.51. The van der Waals surface area contributed by atoms with E-state index >= 15 is 0 Å². The highest BCUT2D eigenvalue weighted by atomic mass is 16.4. The monoisotopic (exact) mass is 280 g/mol. The number of oxime groups is 1. The van der Waals surface area contributed by atoms with Crippen LogP contribution in [0.3, 0.4) is 0 Å². The Morgan fingerprint density at radius 2 is 2.30 bits per heavy atom. The first-order valence-electron chi connectivity index (χ1n) is 6.64. The van der Waals surface area contributed by atoms with Gasteiger partial charge < -0.3 is 20.7 Å². The van der Waals surface area contributed by atoms with Gasteiger partial charge in [0.1, 0.15) is 0 Å². The Kier molecular flexibility index (Phi) is 4.62. The number of amides is 1. The molecule has 1 aliphatic heterocycles. The average Bonchev–Trinajstić information content (AvgIpc) is 2.87. The first-order chi connectivity index (χ1) is 9.60. The Hall–Kier alpha value is -2.02. The summed E-state index contributed by atoms with van der Waals surface area (Å²) in [5.41, 5.74) is 6.32. The highest BCUT2D eigenvalue weighted by Gasteiger charge is 2.23. The average molecular weight is 280 g/mol. The Balaban J connectivity index is 1.80. The van der Waals surface area contributed by atoms with Gasteiger partial charge >= 0.3 is 0 Å². The van der Waals surface area contributed by atoms with Crippen LogP contribution in [0.15, 0.2) is 21.9 Å². The largest absolute Gasteiger partial charge is 0.459 e. The van der Waals surface area contributed by atoms with Crippen LogP contribution in [0, 0.1) is 6.92 Å². The third-order valence-electron chi connectivity index (χ3n) is 3.51. The molecule has 7 nitrogen and oxygen atoms in total. The molecule has 0 saturated carbocycles. The van der Waals surface area contributed by atoms with Gasteiger partial charge in [0.25, 0.3) is 5.91 Å². The number of aryl methyl sites for hydroxylation is 1. The van der Waals surface area contributed by atoms with Gasteiger partial charge in [-0.25, -0.2) is 0 Å². The van der Waals surface area contributed by atoms with Gasteiger partial charge in [-0.15, -0.1) is 0 Å². The second-order valence-corrected chi connectivity index (χ2v) is 5.05. The molecule has 1 aromatic heterocycles. The van der Waals surface area contributed by atoms with Crippen LogP contribution in [0.1, 0.15) is 29.0 Å². The van der Waals surface area contributed by atoms with E-state index in [4.69, 9.17) is 15.4 Å². The van der Waals surface area contributed by atoms with Crippen LogP contribution in [0.2, 0.25) is 0 Å². The van der Waals surface area contributed by atoms with Crippen molar-refractivity contribution in [2.75, 3.05) is 19.6 Å². The van der Waals surface area contributed by atoms with Crippen molar-refractivity contribution in [2.24, 2.45) is 10.9 Å². The minimum Gasteiger partial charge on any atom is -0.459 e. The first kappa shape index (κ1) is 14.4. The lowest BCUT2D eigenvalue weighted by atomic mass is 10.0. The normalized spacial score (nSPS) is 18.1. The maximum atomic E-state index is 12.0. The summed E-state index contributed by atoms with van der Waals surface area (Å²) < 4.78 is 5.17. The van der Waals surface area contributed by atoms with E-state index in [1.54, 1.807) is 6.07 Å². The lowest BCUT2D eigenvalue weighted by Gasteiger charge is -2.31. The van der Waals surface area contributed by atoms with Gasteiger partial charge in [-0.1, -0.05) is 5.16 Å². The Bertz CT molecular complexity index is 490. The molecule has 0 atom stereocenters. The number of nitrogens with zero attached hydrogens (tertiary/aromatic N) is 2. The van der Waals surface area contributed by atoms with Gasteiger partial charge in [-0.2, -0.15) is 0 Å². The third-order valence-corrected chi connectivity index (χ3v) is 3.51. The van der Waals surface area contributed by atoms with Crippen molar-refractivity contribution in [1.29, 1.82) is 0 Å². The zero-order chi connectivity index (χ0) is 14.5. The van der Waals surface area contributed by atoms with Crippen LogP contribution >= 0.6 is 0 Å². The fourth-order valence-corrected chi connectivity index (χ4v) is 2.35. The molecule has 0 spiro atoms. The molecule has 110 valence electrons. The smallest absolute Gasteiger partial charge is 0.287 e. The van der Waals surface area contributed by atoms with E-state index in [1.165, 1.54) is 6.26 Å². The van der Waals surface area contributed by atoms with E-state index in [9.17, 15) is 4.79 Å². The fourth-order valence-electron chi connectivity index (χ4n) is 2.35. The lowest BCUT2D eigenvalue weighted by molar-refractivity contribution is 0.0885. The number of hydrogen-bond donors (Lipinski definition) is 3. The summed E-state index contributed by atoms with van der Waals surface area (Å²) in [5, 5.41) is 14.5. The van der Waals surface area contributed by atoms with Crippen LogP contribution in [0.5, 0.6) is 0 Å². The molecule has 0 unspecified atom stereocenters. The van der Waals surface area contributed by atoms with Crippen molar-refractivity contribution in [3.8, 4) is 0 Å². The lowest BCUT2D eigenvalue weighted by Crippen LogP contribution is -2.46. The molecule has 0 aromatic carbocycles. The zero-order valence-corrected chi connectivity index (χ0v) is 11.5. The van der Waals surface area contributed by atoms with E-state index in [1.807, 2.05) is 6.92 Å². The van der Waals surface area contributed by atoms with Gasteiger partial charge in [-0.3, -0.25) is 9.69 Å². The predicted octanol–water partition coefficient (Wildman–Crippen LogP) is 0.529. The summed E-state index contributed by atoms with van der Waals surface area (Å²) >= 11 is 0. The zero-order valence-electron chi connectivity index (χ0n) is 11.5. The molecule has 2 rings (SSSR count). The second kappa shape index (κ2) is 6.42. The molecule has 2 heterocycles. The summed E-state index contributed by atoms with van der Waals surface area (Å²) in [4.78, 5) is 14.1. The molecule has 1 amide bonds. The Morgan fingerprint density at radius 3 is 2.85 bits per heavy atom. The van der Waals surface area contributed by atoms with Crippen molar-refractivity contribution in [3.05, 3.63) is 23.7 Å². The number of furan rings is 1. The van der Waals surface area contributed by atoms with Gasteiger partial charge in [0.05, 0.1) is 12.8 Å². The number of nitrogens with one attached hydrogen (secondary N) is 1. The van der Waals surface area contributed by atoms with Crippen molar-refractivity contribution in [3.63, 3.8) is 0 Å². The number of carbonyl (C=O) groups excluding carboxylic acids is 1. The van der Waals surface area contributed by atoms with Crippen LogP contribution in [-0.2, 0) is 0 Å². The van der Waals surface area contributed by atoms with E-state index in [2.05, 4.69) is 15.4 Å². The minimum atomic E-state index is -0.164. The van der Waals surface area contributed by atoms with Crippen molar-refractivity contribution < 1.29 is 14.4 Å². The number of nitrogens with two attached hydrogens (primary N) is 1. The topological polar surface area (TPSA) is 104 Å². The molecule has 0 aliphatic carbocycles. The van der Waals surface area contributed by atoms with Gasteiger partial charge in [0.15, 0.2) is 11.6 Å². The van der Waals surface area contributed by atoms with Gasteiger partial charge in [-0.05, 0) is 25.8 Å². The summed E-state index contributed by atoms with van der Waals surface area (Å²) in [5.74, 6) is 0.421. The van der Waals surface area contributed by atoms with Crippen molar-refractivity contribution in [2.45, 2.75) is 25.8 Å². The number of rotatable bonds is 4. The van der Waals surface area contributed by atoms with Gasteiger partial charge in [0, 0.05) is 24.7 Å². The number of carbonyl (C=O) groups is 1. The van der Waals surface area contributed by atoms with Crippen LogP contribution in [0.25, 0.3) is 0 Å². The van der Waals surface area contributed by atoms with Crippen molar-refractivity contribution in [1.82, 2.24) is 10.2 Å². The van der Waals surface area contributed by atoms with E-state index in [0.29, 0.717) is 12.3 Å². The summed E-state index contributed by atoms with van der Waals surface area (Å²) in [6, 6.07) is 1.91. The number of likely N-dealkylation sites (tertiary alicyclic amines) is 1. The molecule has 1 fully saturated rings. The van der Waals surface area contributed by atoms with E-state index < -0.39 is 0 Å². The SMILES string of the molecule is Cc1ccoc1C(=O)NC1CCN(CC(N)=NO)CC1.